The first-order chi connectivity index (χ1) is 17.7. The maximum atomic E-state index is 13.9. The van der Waals surface area contributed by atoms with Crippen LogP contribution in [0.2, 0.25) is 0 Å². The third kappa shape index (κ3) is 3.79. The quantitative estimate of drug-likeness (QED) is 0.354. The van der Waals surface area contributed by atoms with E-state index in [4.69, 9.17) is 10.5 Å². The van der Waals surface area contributed by atoms with Gasteiger partial charge in [-0.1, -0.05) is 13.0 Å². The molecule has 10 nitrogen and oxygen atoms in total. The van der Waals surface area contributed by atoms with E-state index < -0.39 is 6.04 Å². The number of hydrogen-bond donors (Lipinski definition) is 2. The second-order valence-electron chi connectivity index (χ2n) is 10.1. The summed E-state index contributed by atoms with van der Waals surface area (Å²) >= 11 is 3.36. The van der Waals surface area contributed by atoms with Gasteiger partial charge < -0.3 is 25.3 Å². The number of aromatic nitrogens is 4. The lowest BCUT2D eigenvalue weighted by molar-refractivity contribution is -0.138. The van der Waals surface area contributed by atoms with Crippen LogP contribution in [0.25, 0.3) is 21.9 Å². The number of nitrogen functional groups attached to an aromatic ring is 1. The fourth-order valence-corrected chi connectivity index (χ4v) is 5.92. The fourth-order valence-electron chi connectivity index (χ4n) is 5.61. The van der Waals surface area contributed by atoms with E-state index in [1.807, 2.05) is 41.8 Å². The number of rotatable bonds is 5. The average molecular weight is 564 g/mol. The highest BCUT2D eigenvalue weighted by Gasteiger charge is 2.64. The topological polar surface area (TPSA) is 128 Å². The fraction of sp³-hybridized carbons (Fsp3) is 0.346. The highest BCUT2D eigenvalue weighted by Crippen LogP contribution is 2.59. The zero-order chi connectivity index (χ0) is 26.1. The molecule has 0 bridgehead atoms. The van der Waals surface area contributed by atoms with Crippen molar-refractivity contribution in [3.63, 3.8) is 0 Å². The lowest BCUT2D eigenvalue weighted by Crippen LogP contribution is -2.46. The van der Waals surface area contributed by atoms with Gasteiger partial charge in [-0.3, -0.25) is 9.59 Å². The zero-order valence-corrected chi connectivity index (χ0v) is 22.2. The van der Waals surface area contributed by atoms with Crippen LogP contribution in [0.3, 0.4) is 0 Å². The van der Waals surface area contributed by atoms with Crippen molar-refractivity contribution in [1.29, 1.82) is 0 Å². The summed E-state index contributed by atoms with van der Waals surface area (Å²) in [7, 11) is 1.59. The molecular formula is C26H26BrN7O3. The van der Waals surface area contributed by atoms with Crippen LogP contribution in [-0.4, -0.2) is 55.4 Å². The van der Waals surface area contributed by atoms with Crippen molar-refractivity contribution in [3.8, 4) is 5.75 Å². The molecule has 2 amide bonds. The predicted molar refractivity (Wildman–Crippen MR) is 143 cm³/mol. The first-order valence-electron chi connectivity index (χ1n) is 12.0. The van der Waals surface area contributed by atoms with Gasteiger partial charge in [0.1, 0.15) is 46.5 Å². The largest absolute Gasteiger partial charge is 0.497 e. The smallest absolute Gasteiger partial charge is 0.248 e. The number of benzene rings is 1. The number of carbonyl (C=O) groups excluding carboxylic acids is 2. The van der Waals surface area contributed by atoms with Gasteiger partial charge in [-0.05, 0) is 64.9 Å². The van der Waals surface area contributed by atoms with E-state index in [2.05, 4.69) is 43.1 Å². The molecule has 3 N–H and O–H groups in total. The minimum absolute atomic E-state index is 0.00808. The van der Waals surface area contributed by atoms with E-state index in [-0.39, 0.29) is 29.8 Å². The lowest BCUT2D eigenvalue weighted by Gasteiger charge is -2.27. The number of piperidine rings is 1. The number of nitrogens with one attached hydrogen (secondary N) is 1. The molecule has 1 saturated carbocycles. The molecule has 2 fully saturated rings. The van der Waals surface area contributed by atoms with E-state index in [1.165, 1.54) is 6.33 Å². The Morgan fingerprint density at radius 1 is 1.24 bits per heavy atom. The molecule has 3 atom stereocenters. The Hall–Kier alpha value is -3.73. The van der Waals surface area contributed by atoms with Crippen LogP contribution < -0.4 is 15.8 Å². The standard InChI is InChI=1S/C26H26BrN7O3/c1-13-4-7-19(27)31-23(13)32-25(36)17-9-26(2)10-18(26)34(17)20(35)11-33-16-8-14(37-3)5-6-15(16)21-22(28)29-12-30-24(21)33/h4-8,12,17-18H,9-11H2,1-3H3,(H2,28,29,30)(H,31,32,36)/t17?,18-,26-/m0/s1. The number of methoxy groups -OCH3 is 1. The van der Waals surface area contributed by atoms with Crippen LogP contribution in [0, 0.1) is 12.3 Å². The number of pyridine rings is 1. The molecule has 37 heavy (non-hydrogen) atoms. The van der Waals surface area contributed by atoms with Gasteiger partial charge in [0, 0.05) is 17.5 Å². The molecule has 1 aromatic carbocycles. The lowest BCUT2D eigenvalue weighted by atomic mass is 10.0. The number of hydrogen-bond acceptors (Lipinski definition) is 7. The van der Waals surface area contributed by atoms with Crippen molar-refractivity contribution >= 4 is 61.3 Å². The SMILES string of the molecule is COc1ccc2c3c(N)ncnc3n(CC(=O)N3C(C(=O)Nc4nc(Br)ccc4C)C[C@@]4(C)C[C@H]34)c2c1. The number of likely N-dealkylation sites (tertiary alicyclic amines) is 1. The number of carbonyl (C=O) groups is 2. The number of ether oxygens (including phenoxy) is 1. The number of fused-ring (bicyclic) bond motifs is 4. The number of nitrogens with zero attached hydrogens (tertiary/aromatic N) is 5. The summed E-state index contributed by atoms with van der Waals surface area (Å²) in [5, 5.41) is 4.47. The van der Waals surface area contributed by atoms with Crippen LogP contribution in [-0.2, 0) is 16.1 Å². The van der Waals surface area contributed by atoms with Crippen LogP contribution in [0.4, 0.5) is 11.6 Å². The van der Waals surface area contributed by atoms with Gasteiger partial charge >= 0.3 is 0 Å². The highest BCUT2D eigenvalue weighted by atomic mass is 79.9. The van der Waals surface area contributed by atoms with Crippen molar-refractivity contribution < 1.29 is 14.3 Å². The minimum Gasteiger partial charge on any atom is -0.497 e. The molecule has 190 valence electrons. The average Bonchev–Trinajstić information content (AvgIpc) is 3.28. The molecule has 11 heteroatoms. The third-order valence-corrected chi connectivity index (χ3v) is 8.14. The molecule has 3 aromatic heterocycles. The number of aryl methyl sites for hydroxylation is 1. The maximum Gasteiger partial charge on any atom is 0.248 e. The van der Waals surface area contributed by atoms with Gasteiger partial charge in [0.25, 0.3) is 0 Å². The zero-order valence-electron chi connectivity index (χ0n) is 20.7. The third-order valence-electron chi connectivity index (χ3n) is 7.70. The van der Waals surface area contributed by atoms with Crippen molar-refractivity contribution in [1.82, 2.24) is 24.4 Å². The van der Waals surface area contributed by atoms with Crippen LogP contribution >= 0.6 is 15.9 Å². The van der Waals surface area contributed by atoms with Gasteiger partial charge in [-0.15, -0.1) is 0 Å². The molecule has 1 saturated heterocycles. The van der Waals surface area contributed by atoms with Gasteiger partial charge in [-0.25, -0.2) is 15.0 Å². The summed E-state index contributed by atoms with van der Waals surface area (Å²) in [6, 6.07) is 8.74. The van der Waals surface area contributed by atoms with E-state index in [0.717, 1.165) is 22.9 Å². The van der Waals surface area contributed by atoms with Gasteiger partial charge in [-0.2, -0.15) is 0 Å². The molecule has 6 rings (SSSR count). The second-order valence-corrected chi connectivity index (χ2v) is 10.9. The van der Waals surface area contributed by atoms with E-state index >= 15 is 0 Å². The Balaban J connectivity index is 1.35. The Bertz CT molecular complexity index is 1600. The molecule has 0 spiro atoms. The number of nitrogens with two attached hydrogens (primary N) is 1. The Kier molecular flexibility index (Phi) is 5.37. The molecule has 1 aliphatic carbocycles. The van der Waals surface area contributed by atoms with Crippen LogP contribution in [0.1, 0.15) is 25.3 Å². The molecule has 4 aromatic rings. The highest BCUT2D eigenvalue weighted by molar-refractivity contribution is 9.10. The summed E-state index contributed by atoms with van der Waals surface area (Å²) in [5.41, 5.74) is 8.33. The summed E-state index contributed by atoms with van der Waals surface area (Å²) in [6.45, 7) is 4.02. The van der Waals surface area contributed by atoms with E-state index in [0.29, 0.717) is 39.4 Å². The van der Waals surface area contributed by atoms with Gasteiger partial charge in [0.05, 0.1) is 18.0 Å². The first-order valence-corrected chi connectivity index (χ1v) is 12.8. The molecule has 4 heterocycles. The molecule has 1 aliphatic heterocycles. The number of anilines is 2. The Labute approximate surface area is 221 Å². The predicted octanol–water partition coefficient (Wildman–Crippen LogP) is 3.66. The number of halogens is 1. The van der Waals surface area contributed by atoms with Crippen molar-refractivity contribution in [2.45, 2.75) is 45.3 Å². The van der Waals surface area contributed by atoms with E-state index in [1.54, 1.807) is 12.0 Å². The number of amides is 2. The molecule has 0 radical (unpaired) electrons. The Morgan fingerprint density at radius 2 is 2.05 bits per heavy atom. The van der Waals surface area contributed by atoms with Crippen LogP contribution in [0.15, 0.2) is 41.3 Å². The maximum absolute atomic E-state index is 13.9. The Morgan fingerprint density at radius 3 is 2.84 bits per heavy atom. The minimum atomic E-state index is -0.584. The first kappa shape index (κ1) is 23.7. The van der Waals surface area contributed by atoms with Gasteiger partial charge in [0.15, 0.2) is 0 Å². The monoisotopic (exact) mass is 563 g/mol. The van der Waals surface area contributed by atoms with E-state index in [9.17, 15) is 9.59 Å². The molecule has 1 unspecified atom stereocenters. The summed E-state index contributed by atoms with van der Waals surface area (Å²) in [5.74, 6) is 1.10. The van der Waals surface area contributed by atoms with Crippen molar-refractivity contribution in [2.75, 3.05) is 18.2 Å². The molecular weight excluding hydrogens is 538 g/mol. The molecule has 2 aliphatic rings. The summed E-state index contributed by atoms with van der Waals surface area (Å²) < 4.78 is 7.89. The summed E-state index contributed by atoms with van der Waals surface area (Å²) in [6.07, 6.45) is 2.89. The summed E-state index contributed by atoms with van der Waals surface area (Å²) in [4.78, 5) is 42.1. The normalized spacial score (nSPS) is 22.3. The van der Waals surface area contributed by atoms with Crippen LogP contribution in [0.5, 0.6) is 5.75 Å². The van der Waals surface area contributed by atoms with Crippen molar-refractivity contribution in [2.24, 2.45) is 5.41 Å². The van der Waals surface area contributed by atoms with Gasteiger partial charge in [0.2, 0.25) is 11.8 Å². The van der Waals surface area contributed by atoms with Crippen molar-refractivity contribution in [3.05, 3.63) is 46.8 Å². The second kappa shape index (κ2) is 8.41.